The van der Waals surface area contributed by atoms with Crippen LogP contribution in [0.4, 0.5) is 5.69 Å². The number of hydrogen-bond donors (Lipinski definition) is 1. The molecule has 3 aromatic rings. The molecule has 0 bridgehead atoms. The number of thiophene rings is 1. The van der Waals surface area contributed by atoms with E-state index in [-0.39, 0.29) is 11.9 Å². The summed E-state index contributed by atoms with van der Waals surface area (Å²) in [4.78, 5) is 18.3. The van der Waals surface area contributed by atoms with E-state index < -0.39 is 0 Å². The highest BCUT2D eigenvalue weighted by Gasteiger charge is 2.22. The number of carbonyl (C=O) groups excluding carboxylic acids is 1. The SMILES string of the molecule is O=C(CNC(c1ccccc1)c1cccs1)N1CCN(c2ccccc2)CC1. The van der Waals surface area contributed by atoms with Gasteiger partial charge in [0.25, 0.3) is 0 Å². The third kappa shape index (κ3) is 4.43. The number of nitrogens with one attached hydrogen (secondary N) is 1. The van der Waals surface area contributed by atoms with Crippen molar-refractivity contribution in [2.45, 2.75) is 6.04 Å². The Bertz CT molecular complexity index is 859. The number of amides is 1. The summed E-state index contributed by atoms with van der Waals surface area (Å²) in [5.74, 6) is 0.171. The van der Waals surface area contributed by atoms with Crippen molar-refractivity contribution < 1.29 is 4.79 Å². The molecular weight excluding hydrogens is 366 g/mol. The standard InChI is InChI=1S/C23H25N3OS/c27-22(26-15-13-25(14-16-26)20-10-5-2-6-11-20)18-24-23(21-12-7-17-28-21)19-8-3-1-4-9-19/h1-12,17,23-24H,13-16,18H2. The lowest BCUT2D eigenvalue weighted by atomic mass is 10.1. The molecule has 2 heterocycles. The Morgan fingerprint density at radius 1 is 0.893 bits per heavy atom. The summed E-state index contributed by atoms with van der Waals surface area (Å²) in [5.41, 5.74) is 2.42. The average Bonchev–Trinajstić information content (AvgIpc) is 3.30. The number of nitrogens with zero attached hydrogens (tertiary/aromatic N) is 2. The topological polar surface area (TPSA) is 35.6 Å². The first-order valence-electron chi connectivity index (χ1n) is 9.71. The van der Waals surface area contributed by atoms with Crippen molar-refractivity contribution in [3.63, 3.8) is 0 Å². The van der Waals surface area contributed by atoms with Gasteiger partial charge >= 0.3 is 0 Å². The van der Waals surface area contributed by atoms with E-state index in [1.807, 2.05) is 29.2 Å². The lowest BCUT2D eigenvalue weighted by Crippen LogP contribution is -2.51. The second-order valence-electron chi connectivity index (χ2n) is 6.94. The number of carbonyl (C=O) groups is 1. The highest BCUT2D eigenvalue weighted by molar-refractivity contribution is 7.10. The Hall–Kier alpha value is -2.63. The predicted octanol–water partition coefficient (Wildman–Crippen LogP) is 3.78. The van der Waals surface area contributed by atoms with Gasteiger partial charge < -0.3 is 9.80 Å². The highest BCUT2D eigenvalue weighted by Crippen LogP contribution is 2.25. The normalized spacial score (nSPS) is 15.4. The van der Waals surface area contributed by atoms with Crippen LogP contribution in [0.3, 0.4) is 0 Å². The molecule has 1 saturated heterocycles. The van der Waals surface area contributed by atoms with Gasteiger partial charge in [-0.3, -0.25) is 10.1 Å². The second-order valence-corrected chi connectivity index (χ2v) is 7.92. The van der Waals surface area contributed by atoms with Gasteiger partial charge in [-0.25, -0.2) is 0 Å². The summed E-state index contributed by atoms with van der Waals surface area (Å²) in [6, 6.07) is 25.0. The molecule has 1 aliphatic heterocycles. The second kappa shape index (κ2) is 9.04. The minimum absolute atomic E-state index is 0.0516. The van der Waals surface area contributed by atoms with Gasteiger partial charge in [-0.1, -0.05) is 54.6 Å². The van der Waals surface area contributed by atoms with Gasteiger partial charge in [0.2, 0.25) is 5.91 Å². The summed E-state index contributed by atoms with van der Waals surface area (Å²) < 4.78 is 0. The molecule has 1 aliphatic rings. The zero-order valence-corrected chi connectivity index (χ0v) is 16.6. The van der Waals surface area contributed by atoms with Gasteiger partial charge in [-0.15, -0.1) is 11.3 Å². The van der Waals surface area contributed by atoms with Crippen molar-refractivity contribution in [3.05, 3.63) is 88.6 Å². The van der Waals surface area contributed by atoms with Crippen LogP contribution in [0.25, 0.3) is 0 Å². The summed E-state index contributed by atoms with van der Waals surface area (Å²) in [5, 5.41) is 5.56. The number of para-hydroxylation sites is 1. The highest BCUT2D eigenvalue weighted by atomic mass is 32.1. The number of rotatable bonds is 6. The fourth-order valence-electron chi connectivity index (χ4n) is 3.64. The minimum Gasteiger partial charge on any atom is -0.368 e. The Morgan fingerprint density at radius 2 is 1.57 bits per heavy atom. The van der Waals surface area contributed by atoms with Gasteiger partial charge in [-0.2, -0.15) is 0 Å². The molecule has 2 aromatic carbocycles. The van der Waals surface area contributed by atoms with Crippen molar-refractivity contribution >= 4 is 22.9 Å². The van der Waals surface area contributed by atoms with Crippen LogP contribution >= 0.6 is 11.3 Å². The molecule has 0 radical (unpaired) electrons. The molecule has 4 nitrogen and oxygen atoms in total. The molecule has 28 heavy (non-hydrogen) atoms. The number of hydrogen-bond acceptors (Lipinski definition) is 4. The van der Waals surface area contributed by atoms with Crippen molar-refractivity contribution in [1.82, 2.24) is 10.2 Å². The summed E-state index contributed by atoms with van der Waals surface area (Å²) in [7, 11) is 0. The Kier molecular flexibility index (Phi) is 6.04. The zero-order chi connectivity index (χ0) is 19.2. The first-order chi connectivity index (χ1) is 13.8. The Morgan fingerprint density at radius 3 is 2.21 bits per heavy atom. The Labute approximate surface area is 170 Å². The number of benzene rings is 2. The quantitative estimate of drug-likeness (QED) is 0.695. The molecule has 1 atom stereocenters. The Balaban J connectivity index is 1.34. The molecule has 0 aliphatic carbocycles. The third-order valence-corrected chi connectivity index (χ3v) is 6.11. The maximum atomic E-state index is 12.8. The molecule has 144 valence electrons. The van der Waals surface area contributed by atoms with Gasteiger partial charge in [-0.05, 0) is 29.1 Å². The van der Waals surface area contributed by atoms with Gasteiger partial charge in [0.1, 0.15) is 0 Å². The van der Waals surface area contributed by atoms with Crippen LogP contribution in [0.15, 0.2) is 78.2 Å². The van der Waals surface area contributed by atoms with Crippen LogP contribution in [0.5, 0.6) is 0 Å². The smallest absolute Gasteiger partial charge is 0.236 e. The molecule has 0 spiro atoms. The number of anilines is 1. The maximum Gasteiger partial charge on any atom is 0.236 e. The summed E-state index contributed by atoms with van der Waals surface area (Å²) in [6.07, 6.45) is 0. The molecule has 0 saturated carbocycles. The van der Waals surface area contributed by atoms with Crippen molar-refractivity contribution in [3.8, 4) is 0 Å². The lowest BCUT2D eigenvalue weighted by Gasteiger charge is -2.36. The zero-order valence-electron chi connectivity index (χ0n) is 15.8. The van der Waals surface area contributed by atoms with E-state index in [1.165, 1.54) is 16.1 Å². The van der Waals surface area contributed by atoms with Gasteiger partial charge in [0.15, 0.2) is 0 Å². The molecular formula is C23H25N3OS. The predicted molar refractivity (Wildman–Crippen MR) is 116 cm³/mol. The van der Waals surface area contributed by atoms with Crippen LogP contribution in [-0.4, -0.2) is 43.5 Å². The van der Waals surface area contributed by atoms with Crippen LogP contribution in [0.1, 0.15) is 16.5 Å². The lowest BCUT2D eigenvalue weighted by molar-refractivity contribution is -0.130. The van der Waals surface area contributed by atoms with Crippen molar-refractivity contribution in [2.24, 2.45) is 0 Å². The fourth-order valence-corrected chi connectivity index (χ4v) is 4.46. The van der Waals surface area contributed by atoms with E-state index in [2.05, 4.69) is 64.1 Å². The van der Waals surface area contributed by atoms with E-state index in [1.54, 1.807) is 11.3 Å². The van der Waals surface area contributed by atoms with Gasteiger partial charge in [0.05, 0.1) is 12.6 Å². The van der Waals surface area contributed by atoms with Crippen molar-refractivity contribution in [1.29, 1.82) is 0 Å². The van der Waals surface area contributed by atoms with Crippen molar-refractivity contribution in [2.75, 3.05) is 37.6 Å². The minimum atomic E-state index is 0.0516. The van der Waals surface area contributed by atoms with Crippen LogP contribution < -0.4 is 10.2 Å². The number of piperazine rings is 1. The largest absolute Gasteiger partial charge is 0.368 e. The van der Waals surface area contributed by atoms with E-state index >= 15 is 0 Å². The van der Waals surface area contributed by atoms with E-state index in [4.69, 9.17) is 0 Å². The first-order valence-corrected chi connectivity index (χ1v) is 10.6. The molecule has 4 rings (SSSR count). The van der Waals surface area contributed by atoms with E-state index in [0.717, 1.165) is 26.2 Å². The third-order valence-electron chi connectivity index (χ3n) is 5.17. The first kappa shape index (κ1) is 18.7. The molecule has 5 heteroatoms. The molecule has 1 N–H and O–H groups in total. The summed E-state index contributed by atoms with van der Waals surface area (Å²) in [6.45, 7) is 3.64. The van der Waals surface area contributed by atoms with Crippen LogP contribution in [-0.2, 0) is 4.79 Å². The molecule has 1 fully saturated rings. The van der Waals surface area contributed by atoms with Gasteiger partial charge in [0, 0.05) is 36.7 Å². The monoisotopic (exact) mass is 391 g/mol. The molecule has 1 aromatic heterocycles. The molecule has 1 amide bonds. The average molecular weight is 392 g/mol. The van der Waals surface area contributed by atoms with Crippen LogP contribution in [0.2, 0.25) is 0 Å². The maximum absolute atomic E-state index is 12.8. The summed E-state index contributed by atoms with van der Waals surface area (Å²) >= 11 is 1.72. The fraction of sp³-hybridized carbons (Fsp3) is 0.261. The van der Waals surface area contributed by atoms with Crippen LogP contribution in [0, 0.1) is 0 Å². The molecule has 1 unspecified atom stereocenters. The van der Waals surface area contributed by atoms with E-state index in [0.29, 0.717) is 6.54 Å². The van der Waals surface area contributed by atoms with E-state index in [9.17, 15) is 4.79 Å².